The van der Waals surface area contributed by atoms with E-state index in [1.165, 1.54) is 6.33 Å². The van der Waals surface area contributed by atoms with Crippen molar-refractivity contribution in [2.45, 2.75) is 13.5 Å². The van der Waals surface area contributed by atoms with Gasteiger partial charge >= 0.3 is 0 Å². The summed E-state index contributed by atoms with van der Waals surface area (Å²) in [5.41, 5.74) is 0.848. The van der Waals surface area contributed by atoms with Crippen LogP contribution in [0.4, 0.5) is 5.82 Å². The van der Waals surface area contributed by atoms with E-state index in [0.717, 1.165) is 11.3 Å². The van der Waals surface area contributed by atoms with Gasteiger partial charge in [-0.05, 0) is 40.5 Å². The predicted molar refractivity (Wildman–Crippen MR) is 77.5 cm³/mol. The molecule has 6 heteroatoms. The number of nitrogens with one attached hydrogen (secondary N) is 2. The molecule has 0 amide bonds. The van der Waals surface area contributed by atoms with Gasteiger partial charge < -0.3 is 15.0 Å². The van der Waals surface area contributed by atoms with Crippen molar-refractivity contribution in [1.29, 1.82) is 0 Å². The molecule has 2 rings (SSSR count). The summed E-state index contributed by atoms with van der Waals surface area (Å²) in [5, 5.41) is 3.11. The van der Waals surface area contributed by atoms with E-state index < -0.39 is 0 Å². The van der Waals surface area contributed by atoms with Crippen LogP contribution in [0, 0.1) is 0 Å². The number of hydrogen-bond acceptors (Lipinski definition) is 4. The zero-order valence-electron chi connectivity index (χ0n) is 10.4. The molecule has 1 aromatic carbocycles. The van der Waals surface area contributed by atoms with Crippen LogP contribution < -0.4 is 15.6 Å². The number of nitrogens with zero attached hydrogens (tertiary/aromatic N) is 1. The third-order valence-corrected chi connectivity index (χ3v) is 3.20. The quantitative estimate of drug-likeness (QED) is 0.887. The lowest BCUT2D eigenvalue weighted by molar-refractivity contribution is 0.340. The van der Waals surface area contributed by atoms with Crippen molar-refractivity contribution in [3.05, 3.63) is 51.0 Å². The standard InChI is InChI=1S/C13H14BrN3O2/c1-2-19-10-5-3-4-9(6-10)7-15-12-11(14)13(18)17-8-16-12/h3-6,8H,2,7H2,1H3,(H2,15,16,17,18). The number of benzene rings is 1. The van der Waals surface area contributed by atoms with E-state index in [1.54, 1.807) is 0 Å². The number of rotatable bonds is 5. The number of aromatic amines is 1. The summed E-state index contributed by atoms with van der Waals surface area (Å²) in [6.07, 6.45) is 1.37. The molecule has 0 radical (unpaired) electrons. The van der Waals surface area contributed by atoms with E-state index in [1.807, 2.05) is 31.2 Å². The van der Waals surface area contributed by atoms with Gasteiger partial charge in [-0.1, -0.05) is 12.1 Å². The van der Waals surface area contributed by atoms with Gasteiger partial charge in [0.25, 0.3) is 5.56 Å². The summed E-state index contributed by atoms with van der Waals surface area (Å²) in [6.45, 7) is 3.15. The van der Waals surface area contributed by atoms with E-state index in [-0.39, 0.29) is 5.56 Å². The molecule has 1 heterocycles. The van der Waals surface area contributed by atoms with Crippen molar-refractivity contribution in [3.63, 3.8) is 0 Å². The van der Waals surface area contributed by atoms with Gasteiger partial charge in [-0.2, -0.15) is 0 Å². The van der Waals surface area contributed by atoms with E-state index >= 15 is 0 Å². The molecule has 0 saturated carbocycles. The first-order valence-electron chi connectivity index (χ1n) is 5.89. The van der Waals surface area contributed by atoms with Crippen LogP contribution in [0.3, 0.4) is 0 Å². The summed E-state index contributed by atoms with van der Waals surface area (Å²) in [6, 6.07) is 7.78. The van der Waals surface area contributed by atoms with Crippen LogP contribution in [0.25, 0.3) is 0 Å². The molecule has 0 bridgehead atoms. The molecule has 2 aromatic rings. The molecule has 19 heavy (non-hydrogen) atoms. The van der Waals surface area contributed by atoms with Gasteiger partial charge in [-0.15, -0.1) is 0 Å². The SMILES string of the molecule is CCOc1cccc(CNc2nc[nH]c(=O)c2Br)c1. The van der Waals surface area contributed by atoms with Crippen molar-refractivity contribution >= 4 is 21.7 Å². The van der Waals surface area contributed by atoms with Crippen LogP contribution in [-0.2, 0) is 6.54 Å². The Labute approximate surface area is 119 Å². The Kier molecular flexibility index (Phi) is 4.57. The number of aromatic nitrogens is 2. The largest absolute Gasteiger partial charge is 0.494 e. The van der Waals surface area contributed by atoms with Crippen LogP contribution >= 0.6 is 15.9 Å². The Balaban J connectivity index is 2.08. The third kappa shape index (κ3) is 3.57. The van der Waals surface area contributed by atoms with Gasteiger partial charge in [-0.25, -0.2) is 4.98 Å². The van der Waals surface area contributed by atoms with Crippen molar-refractivity contribution in [2.24, 2.45) is 0 Å². The molecule has 0 aliphatic heterocycles. The number of ether oxygens (including phenoxy) is 1. The molecule has 0 unspecified atom stereocenters. The highest BCUT2D eigenvalue weighted by molar-refractivity contribution is 9.10. The Morgan fingerprint density at radius 2 is 2.32 bits per heavy atom. The van der Waals surface area contributed by atoms with Crippen molar-refractivity contribution in [1.82, 2.24) is 9.97 Å². The van der Waals surface area contributed by atoms with Crippen LogP contribution in [-0.4, -0.2) is 16.6 Å². The fraction of sp³-hybridized carbons (Fsp3) is 0.231. The highest BCUT2D eigenvalue weighted by Gasteiger charge is 2.04. The summed E-state index contributed by atoms with van der Waals surface area (Å²) in [5.74, 6) is 1.35. The fourth-order valence-electron chi connectivity index (χ4n) is 1.60. The van der Waals surface area contributed by atoms with Crippen molar-refractivity contribution < 1.29 is 4.74 Å². The molecule has 2 N–H and O–H groups in total. The summed E-state index contributed by atoms with van der Waals surface area (Å²) in [4.78, 5) is 17.9. The molecular formula is C13H14BrN3O2. The molecule has 0 aliphatic carbocycles. The molecule has 1 aromatic heterocycles. The smallest absolute Gasteiger partial charge is 0.267 e. The average molecular weight is 324 g/mol. The van der Waals surface area contributed by atoms with Crippen LogP contribution in [0.2, 0.25) is 0 Å². The van der Waals surface area contributed by atoms with Crippen LogP contribution in [0.1, 0.15) is 12.5 Å². The number of anilines is 1. The summed E-state index contributed by atoms with van der Waals surface area (Å²) < 4.78 is 5.83. The average Bonchev–Trinajstić information content (AvgIpc) is 2.41. The predicted octanol–water partition coefficient (Wildman–Crippen LogP) is 2.54. The first-order valence-corrected chi connectivity index (χ1v) is 6.68. The molecule has 100 valence electrons. The Morgan fingerprint density at radius 1 is 1.47 bits per heavy atom. The molecule has 0 saturated heterocycles. The van der Waals surface area contributed by atoms with Gasteiger partial charge in [-0.3, -0.25) is 4.79 Å². The van der Waals surface area contributed by atoms with Crippen LogP contribution in [0.15, 0.2) is 39.9 Å². The molecule has 5 nitrogen and oxygen atoms in total. The highest BCUT2D eigenvalue weighted by Crippen LogP contribution is 2.17. The molecule has 0 atom stereocenters. The number of halogens is 1. The summed E-state index contributed by atoms with van der Waals surface area (Å²) in [7, 11) is 0. The second-order valence-corrected chi connectivity index (χ2v) is 4.62. The first kappa shape index (κ1) is 13.6. The molecule has 0 aliphatic rings. The zero-order valence-corrected chi connectivity index (χ0v) is 12.0. The molecular weight excluding hydrogens is 310 g/mol. The Hall–Kier alpha value is -1.82. The minimum atomic E-state index is -0.208. The van der Waals surface area contributed by atoms with Gasteiger partial charge in [0.1, 0.15) is 16.0 Å². The third-order valence-electron chi connectivity index (χ3n) is 2.47. The summed E-state index contributed by atoms with van der Waals surface area (Å²) >= 11 is 3.20. The lowest BCUT2D eigenvalue weighted by atomic mass is 10.2. The van der Waals surface area contributed by atoms with Gasteiger partial charge in [0.15, 0.2) is 0 Å². The molecule has 0 spiro atoms. The lowest BCUT2D eigenvalue weighted by Gasteiger charge is -2.08. The second-order valence-electron chi connectivity index (χ2n) is 3.83. The van der Waals surface area contributed by atoms with Crippen molar-refractivity contribution in [2.75, 3.05) is 11.9 Å². The van der Waals surface area contributed by atoms with Crippen LogP contribution in [0.5, 0.6) is 5.75 Å². The van der Waals surface area contributed by atoms with E-state index in [0.29, 0.717) is 23.4 Å². The van der Waals surface area contributed by atoms with Gasteiger partial charge in [0.2, 0.25) is 0 Å². The fourth-order valence-corrected chi connectivity index (χ4v) is 1.96. The lowest BCUT2D eigenvalue weighted by Crippen LogP contribution is -2.12. The maximum absolute atomic E-state index is 11.4. The maximum Gasteiger partial charge on any atom is 0.267 e. The minimum Gasteiger partial charge on any atom is -0.494 e. The monoisotopic (exact) mass is 323 g/mol. The van der Waals surface area contributed by atoms with Crippen molar-refractivity contribution in [3.8, 4) is 5.75 Å². The Morgan fingerprint density at radius 3 is 3.11 bits per heavy atom. The molecule has 0 fully saturated rings. The zero-order chi connectivity index (χ0) is 13.7. The second kappa shape index (κ2) is 6.38. The topological polar surface area (TPSA) is 67.0 Å². The maximum atomic E-state index is 11.4. The number of hydrogen-bond donors (Lipinski definition) is 2. The highest BCUT2D eigenvalue weighted by atomic mass is 79.9. The normalized spacial score (nSPS) is 10.2. The van der Waals surface area contributed by atoms with Gasteiger partial charge in [0.05, 0.1) is 12.9 Å². The van der Waals surface area contributed by atoms with E-state index in [2.05, 4.69) is 31.2 Å². The first-order chi connectivity index (χ1) is 9.20. The van der Waals surface area contributed by atoms with Gasteiger partial charge in [0, 0.05) is 6.54 Å². The minimum absolute atomic E-state index is 0.208. The van der Waals surface area contributed by atoms with E-state index in [4.69, 9.17) is 4.74 Å². The van der Waals surface area contributed by atoms with E-state index in [9.17, 15) is 4.79 Å². The number of H-pyrrole nitrogens is 1. The Bertz CT molecular complexity index is 613.